The number of aromatic amines is 1. The first-order valence-corrected chi connectivity index (χ1v) is 6.11. The third-order valence-electron chi connectivity index (χ3n) is 2.52. The van der Waals surface area contributed by atoms with Crippen molar-refractivity contribution in [3.05, 3.63) is 51.8 Å². The summed E-state index contributed by atoms with van der Waals surface area (Å²) in [6, 6.07) is 8.74. The summed E-state index contributed by atoms with van der Waals surface area (Å²) in [4.78, 5) is 25.2. The van der Waals surface area contributed by atoms with E-state index in [4.69, 9.17) is 0 Å². The van der Waals surface area contributed by atoms with Crippen LogP contribution in [0.25, 0.3) is 0 Å². The predicted octanol–water partition coefficient (Wildman–Crippen LogP) is 3.15. The highest BCUT2D eigenvalue weighted by Crippen LogP contribution is 2.20. The van der Waals surface area contributed by atoms with Crippen LogP contribution in [-0.2, 0) is 0 Å². The van der Waals surface area contributed by atoms with Gasteiger partial charge in [0.25, 0.3) is 5.91 Å². The monoisotopic (exact) mass is 306 g/mol. The van der Waals surface area contributed by atoms with E-state index in [2.05, 4.69) is 26.2 Å². The molecule has 0 saturated carbocycles. The molecule has 1 amide bonds. The highest BCUT2D eigenvalue weighted by atomic mass is 79.9. The predicted molar refractivity (Wildman–Crippen MR) is 73.0 cm³/mol. The number of carbonyl (C=O) groups excluding carboxylic acids is 2. The van der Waals surface area contributed by atoms with Crippen molar-refractivity contribution in [2.24, 2.45) is 0 Å². The summed E-state index contributed by atoms with van der Waals surface area (Å²) >= 11 is 3.36. The normalized spacial score (nSPS) is 10.1. The molecule has 2 N–H and O–H groups in total. The summed E-state index contributed by atoms with van der Waals surface area (Å²) in [5.74, 6) is -0.270. The lowest BCUT2D eigenvalue weighted by Crippen LogP contribution is -2.13. The quantitative estimate of drug-likeness (QED) is 0.856. The molecule has 1 aromatic heterocycles. The lowest BCUT2D eigenvalue weighted by atomic mass is 10.2. The van der Waals surface area contributed by atoms with E-state index in [-0.39, 0.29) is 5.91 Å². The van der Waals surface area contributed by atoms with Crippen molar-refractivity contribution in [2.75, 3.05) is 5.32 Å². The van der Waals surface area contributed by atoms with Crippen LogP contribution >= 0.6 is 15.9 Å². The van der Waals surface area contributed by atoms with Crippen LogP contribution in [0, 0.1) is 6.92 Å². The number of aromatic nitrogens is 1. The molecule has 0 fully saturated rings. The Hall–Kier alpha value is -1.88. The molecule has 0 atom stereocenters. The van der Waals surface area contributed by atoms with E-state index in [1.807, 2.05) is 25.1 Å². The first-order valence-electron chi connectivity index (χ1n) is 5.32. The van der Waals surface area contributed by atoms with Gasteiger partial charge in [-0.25, -0.2) is 0 Å². The molecule has 0 aliphatic carbocycles. The second-order valence-corrected chi connectivity index (χ2v) is 4.77. The molecule has 2 aromatic rings. The van der Waals surface area contributed by atoms with Gasteiger partial charge in [0.05, 0.1) is 5.69 Å². The number of amides is 1. The van der Waals surface area contributed by atoms with E-state index < -0.39 is 0 Å². The fourth-order valence-corrected chi connectivity index (χ4v) is 2.05. The number of benzene rings is 1. The zero-order valence-corrected chi connectivity index (χ0v) is 11.2. The molecule has 4 nitrogen and oxygen atoms in total. The second kappa shape index (κ2) is 5.18. The fourth-order valence-electron chi connectivity index (χ4n) is 1.57. The Morgan fingerprint density at radius 1 is 1.33 bits per heavy atom. The van der Waals surface area contributed by atoms with Crippen LogP contribution in [0.1, 0.15) is 26.5 Å². The first kappa shape index (κ1) is 12.6. The maximum Gasteiger partial charge on any atom is 0.272 e. The molecule has 0 aliphatic heterocycles. The van der Waals surface area contributed by atoms with Crippen LogP contribution in [0.5, 0.6) is 0 Å². The number of halogens is 1. The first-order chi connectivity index (χ1) is 8.60. The van der Waals surface area contributed by atoms with E-state index in [9.17, 15) is 9.59 Å². The largest absolute Gasteiger partial charge is 0.348 e. The molecule has 18 heavy (non-hydrogen) atoms. The lowest BCUT2D eigenvalue weighted by molar-refractivity contribution is 0.102. The van der Waals surface area contributed by atoms with Gasteiger partial charge in [-0.05, 0) is 42.8 Å². The van der Waals surface area contributed by atoms with E-state index in [0.29, 0.717) is 17.7 Å². The minimum absolute atomic E-state index is 0.270. The number of aldehydes is 1. The van der Waals surface area contributed by atoms with Crippen molar-refractivity contribution < 1.29 is 9.59 Å². The van der Waals surface area contributed by atoms with Gasteiger partial charge in [0.1, 0.15) is 5.69 Å². The molecule has 0 saturated heterocycles. The molecule has 0 spiro atoms. The number of H-pyrrole nitrogens is 1. The molecule has 1 heterocycles. The highest BCUT2D eigenvalue weighted by Gasteiger charge is 2.09. The average molecular weight is 307 g/mol. The number of carbonyl (C=O) groups is 2. The number of hydrogen-bond acceptors (Lipinski definition) is 2. The van der Waals surface area contributed by atoms with Gasteiger partial charge in [0.2, 0.25) is 0 Å². The van der Waals surface area contributed by atoms with Gasteiger partial charge in [0, 0.05) is 10.2 Å². The molecule has 2 rings (SSSR count). The Balaban J connectivity index is 2.18. The summed E-state index contributed by atoms with van der Waals surface area (Å²) in [6.45, 7) is 1.91. The third-order valence-corrected chi connectivity index (χ3v) is 3.01. The molecule has 1 aromatic carbocycles. The average Bonchev–Trinajstić information content (AvgIpc) is 2.81. The zero-order valence-electron chi connectivity index (χ0n) is 9.66. The molecule has 0 unspecified atom stereocenters. The molecule has 92 valence electrons. The van der Waals surface area contributed by atoms with Crippen molar-refractivity contribution in [3.63, 3.8) is 0 Å². The van der Waals surface area contributed by atoms with Crippen LogP contribution in [0.3, 0.4) is 0 Å². The van der Waals surface area contributed by atoms with Crippen LogP contribution < -0.4 is 5.32 Å². The summed E-state index contributed by atoms with van der Waals surface area (Å²) in [5.41, 5.74) is 2.44. The van der Waals surface area contributed by atoms with Crippen molar-refractivity contribution in [2.45, 2.75) is 6.92 Å². The van der Waals surface area contributed by atoms with Crippen molar-refractivity contribution >= 4 is 33.8 Å². The second-order valence-electron chi connectivity index (χ2n) is 3.86. The van der Waals surface area contributed by atoms with Crippen molar-refractivity contribution in [3.8, 4) is 0 Å². The summed E-state index contributed by atoms with van der Waals surface area (Å²) in [6.07, 6.45) is 0.668. The van der Waals surface area contributed by atoms with Gasteiger partial charge in [-0.1, -0.05) is 15.9 Å². The Bertz CT molecular complexity index is 605. The number of hydrogen-bond donors (Lipinski definition) is 2. The van der Waals surface area contributed by atoms with Gasteiger partial charge in [0.15, 0.2) is 6.29 Å². The summed E-state index contributed by atoms with van der Waals surface area (Å²) in [7, 11) is 0. The maximum absolute atomic E-state index is 11.9. The molecule has 5 heteroatoms. The molecule has 0 bridgehead atoms. The number of anilines is 1. The van der Waals surface area contributed by atoms with Gasteiger partial charge in [-0.3, -0.25) is 9.59 Å². The molecular weight excluding hydrogens is 296 g/mol. The SMILES string of the molecule is Cc1cc(Br)ccc1NC(=O)c1ccc(C=O)[nH]1. The lowest BCUT2D eigenvalue weighted by Gasteiger charge is -2.07. The van der Waals surface area contributed by atoms with Gasteiger partial charge in [-0.2, -0.15) is 0 Å². The Morgan fingerprint density at radius 2 is 2.11 bits per heavy atom. The zero-order chi connectivity index (χ0) is 13.1. The standard InChI is InChI=1S/C13H11BrN2O2/c1-8-6-9(14)2-4-11(8)16-13(18)12-5-3-10(7-17)15-12/h2-7,15H,1H3,(H,16,18). The van der Waals surface area contributed by atoms with Crippen LogP contribution in [0.2, 0.25) is 0 Å². The van der Waals surface area contributed by atoms with E-state index in [0.717, 1.165) is 15.7 Å². The maximum atomic E-state index is 11.9. The Labute approximate surface area is 113 Å². The van der Waals surface area contributed by atoms with Crippen molar-refractivity contribution in [1.29, 1.82) is 0 Å². The topological polar surface area (TPSA) is 62.0 Å². The van der Waals surface area contributed by atoms with Gasteiger partial charge in [-0.15, -0.1) is 0 Å². The van der Waals surface area contributed by atoms with E-state index in [1.165, 1.54) is 0 Å². The molecular formula is C13H11BrN2O2. The summed E-state index contributed by atoms with van der Waals surface area (Å²) in [5, 5.41) is 2.78. The molecule has 0 aliphatic rings. The minimum atomic E-state index is -0.270. The van der Waals surface area contributed by atoms with Crippen LogP contribution in [-0.4, -0.2) is 17.2 Å². The summed E-state index contributed by atoms with van der Waals surface area (Å²) < 4.78 is 0.959. The fraction of sp³-hybridized carbons (Fsp3) is 0.0769. The number of nitrogens with one attached hydrogen (secondary N) is 2. The minimum Gasteiger partial charge on any atom is -0.348 e. The van der Waals surface area contributed by atoms with Crippen LogP contribution in [0.15, 0.2) is 34.8 Å². The molecule has 0 radical (unpaired) electrons. The van der Waals surface area contributed by atoms with E-state index >= 15 is 0 Å². The third kappa shape index (κ3) is 2.68. The van der Waals surface area contributed by atoms with Gasteiger partial charge < -0.3 is 10.3 Å². The van der Waals surface area contributed by atoms with E-state index in [1.54, 1.807) is 12.1 Å². The van der Waals surface area contributed by atoms with Crippen molar-refractivity contribution in [1.82, 2.24) is 4.98 Å². The van der Waals surface area contributed by atoms with Crippen LogP contribution in [0.4, 0.5) is 5.69 Å². The number of aryl methyl sites for hydroxylation is 1. The number of rotatable bonds is 3. The highest BCUT2D eigenvalue weighted by molar-refractivity contribution is 9.10. The smallest absolute Gasteiger partial charge is 0.272 e. The Kier molecular flexibility index (Phi) is 3.62. The van der Waals surface area contributed by atoms with Gasteiger partial charge >= 0.3 is 0 Å². The Morgan fingerprint density at radius 3 is 2.72 bits per heavy atom.